The molecule has 0 fully saturated rings. The van der Waals surface area contributed by atoms with Crippen molar-refractivity contribution < 1.29 is 14.2 Å². The summed E-state index contributed by atoms with van der Waals surface area (Å²) < 4.78 is 15.8. The highest BCUT2D eigenvalue weighted by Gasteiger charge is 2.23. The van der Waals surface area contributed by atoms with Crippen LogP contribution in [0.3, 0.4) is 0 Å². The summed E-state index contributed by atoms with van der Waals surface area (Å²) in [6, 6.07) is 6.19. The summed E-state index contributed by atoms with van der Waals surface area (Å²) in [6.45, 7) is 3.98. The molecule has 16 heavy (non-hydrogen) atoms. The Bertz CT molecular complexity index is 354. The molecule has 0 saturated carbocycles. The highest BCUT2D eigenvalue weighted by atomic mass is 16.7. The molecule has 2 rings (SSSR count). The summed E-state index contributed by atoms with van der Waals surface area (Å²) in [4.78, 5) is 0. The smallest absolute Gasteiger partial charge is 0.188 e. The Morgan fingerprint density at radius 2 is 2.38 bits per heavy atom. The number of ether oxygens (including phenoxy) is 3. The topological polar surface area (TPSA) is 39.7 Å². The van der Waals surface area contributed by atoms with Gasteiger partial charge in [-0.25, -0.2) is 0 Å². The number of rotatable bonds is 5. The fraction of sp³-hybridized carbons (Fsp3) is 0.500. The second-order valence-corrected chi connectivity index (χ2v) is 3.67. The second-order valence-electron chi connectivity index (χ2n) is 3.67. The van der Waals surface area contributed by atoms with Crippen LogP contribution >= 0.6 is 0 Å². The van der Waals surface area contributed by atoms with Crippen LogP contribution in [0.15, 0.2) is 18.2 Å². The minimum absolute atomic E-state index is 0.259. The zero-order valence-electron chi connectivity index (χ0n) is 9.66. The van der Waals surface area contributed by atoms with Crippen molar-refractivity contribution >= 4 is 0 Å². The quantitative estimate of drug-likeness (QED) is 0.771. The van der Waals surface area contributed by atoms with Crippen molar-refractivity contribution in [3.63, 3.8) is 0 Å². The summed E-state index contributed by atoms with van der Waals surface area (Å²) in [5.74, 6) is 1.68. The van der Waals surface area contributed by atoms with Gasteiger partial charge in [-0.15, -0.1) is 0 Å². The van der Waals surface area contributed by atoms with Crippen LogP contribution in [0.1, 0.15) is 18.5 Å². The molecule has 0 spiro atoms. The maximum Gasteiger partial charge on any atom is 0.188 e. The molecule has 88 valence electrons. The van der Waals surface area contributed by atoms with Crippen molar-refractivity contribution in [2.75, 3.05) is 27.1 Å². The van der Waals surface area contributed by atoms with Crippen LogP contribution in [0, 0.1) is 0 Å². The van der Waals surface area contributed by atoms with E-state index in [1.165, 1.54) is 5.56 Å². The first-order chi connectivity index (χ1) is 7.85. The molecular weight excluding hydrogens is 206 g/mol. The van der Waals surface area contributed by atoms with E-state index in [-0.39, 0.29) is 6.79 Å². The molecule has 1 N–H and O–H groups in total. The summed E-state index contributed by atoms with van der Waals surface area (Å²) in [5.41, 5.74) is 1.20. The van der Waals surface area contributed by atoms with Crippen LogP contribution in [0.2, 0.25) is 0 Å². The standard InChI is InChI=1S/C12H17NO3/c1-3-13-11-7-15-12-6-9(16-8-14-2)4-5-10(11)12/h4-6,11,13H,3,7-8H2,1-2H3. The number of fused-ring (bicyclic) bond motifs is 1. The average Bonchev–Trinajstić information content (AvgIpc) is 2.70. The third-order valence-corrected chi connectivity index (χ3v) is 2.56. The Balaban J connectivity index is 2.09. The monoisotopic (exact) mass is 223 g/mol. The molecule has 0 aliphatic carbocycles. The van der Waals surface area contributed by atoms with Gasteiger partial charge in [0.15, 0.2) is 6.79 Å². The first-order valence-corrected chi connectivity index (χ1v) is 5.47. The molecule has 1 atom stereocenters. The third-order valence-electron chi connectivity index (χ3n) is 2.56. The van der Waals surface area contributed by atoms with E-state index in [2.05, 4.69) is 12.2 Å². The molecule has 1 unspecified atom stereocenters. The number of benzene rings is 1. The Hall–Kier alpha value is -1.26. The van der Waals surface area contributed by atoms with Gasteiger partial charge in [-0.2, -0.15) is 0 Å². The molecule has 1 heterocycles. The van der Waals surface area contributed by atoms with Crippen LogP contribution in [-0.4, -0.2) is 27.1 Å². The van der Waals surface area contributed by atoms with Crippen LogP contribution in [-0.2, 0) is 4.74 Å². The molecular formula is C12H17NO3. The van der Waals surface area contributed by atoms with E-state index in [4.69, 9.17) is 14.2 Å². The SMILES string of the molecule is CCNC1COc2cc(OCOC)ccc21. The zero-order valence-corrected chi connectivity index (χ0v) is 9.66. The van der Waals surface area contributed by atoms with Gasteiger partial charge in [0.05, 0.1) is 6.04 Å². The van der Waals surface area contributed by atoms with E-state index < -0.39 is 0 Å². The van der Waals surface area contributed by atoms with Crippen LogP contribution < -0.4 is 14.8 Å². The highest BCUT2D eigenvalue weighted by Crippen LogP contribution is 2.35. The number of hydrogen-bond donors (Lipinski definition) is 1. The van der Waals surface area contributed by atoms with Gasteiger partial charge in [-0.05, 0) is 18.7 Å². The summed E-state index contributed by atoms with van der Waals surface area (Å²) in [5, 5.41) is 3.37. The number of nitrogens with one attached hydrogen (secondary N) is 1. The van der Waals surface area contributed by atoms with Crippen molar-refractivity contribution in [2.24, 2.45) is 0 Å². The van der Waals surface area contributed by atoms with Gasteiger partial charge in [0.2, 0.25) is 0 Å². The summed E-state index contributed by atoms with van der Waals surface area (Å²) >= 11 is 0. The predicted octanol–water partition coefficient (Wildman–Crippen LogP) is 1.71. The van der Waals surface area contributed by atoms with Crippen LogP contribution in [0.4, 0.5) is 0 Å². The van der Waals surface area contributed by atoms with Crippen LogP contribution in [0.25, 0.3) is 0 Å². The van der Waals surface area contributed by atoms with E-state index in [0.717, 1.165) is 18.0 Å². The Labute approximate surface area is 95.5 Å². The van der Waals surface area contributed by atoms with Crippen molar-refractivity contribution in [3.8, 4) is 11.5 Å². The minimum atomic E-state index is 0.259. The maximum atomic E-state index is 5.60. The lowest BCUT2D eigenvalue weighted by Crippen LogP contribution is -2.21. The lowest BCUT2D eigenvalue weighted by atomic mass is 10.1. The fourth-order valence-electron chi connectivity index (χ4n) is 1.82. The fourth-order valence-corrected chi connectivity index (χ4v) is 1.82. The Morgan fingerprint density at radius 3 is 3.12 bits per heavy atom. The molecule has 4 nitrogen and oxygen atoms in total. The van der Waals surface area contributed by atoms with Gasteiger partial charge >= 0.3 is 0 Å². The molecule has 0 saturated heterocycles. The van der Waals surface area contributed by atoms with Crippen molar-refractivity contribution in [3.05, 3.63) is 23.8 Å². The third kappa shape index (κ3) is 2.28. The van der Waals surface area contributed by atoms with E-state index in [9.17, 15) is 0 Å². The van der Waals surface area contributed by atoms with Crippen LogP contribution in [0.5, 0.6) is 11.5 Å². The summed E-state index contributed by atoms with van der Waals surface area (Å²) in [7, 11) is 1.60. The van der Waals surface area contributed by atoms with Crippen molar-refractivity contribution in [1.29, 1.82) is 0 Å². The Morgan fingerprint density at radius 1 is 1.50 bits per heavy atom. The second kappa shape index (κ2) is 5.18. The first kappa shape index (κ1) is 11.2. The normalized spacial score (nSPS) is 18.0. The molecule has 0 bridgehead atoms. The predicted molar refractivity (Wildman–Crippen MR) is 60.9 cm³/mol. The van der Waals surface area contributed by atoms with Gasteiger partial charge in [0.25, 0.3) is 0 Å². The van der Waals surface area contributed by atoms with Gasteiger partial charge < -0.3 is 19.5 Å². The van der Waals surface area contributed by atoms with Crippen molar-refractivity contribution in [2.45, 2.75) is 13.0 Å². The number of methoxy groups -OCH3 is 1. The number of likely N-dealkylation sites (N-methyl/N-ethyl adjacent to an activating group) is 1. The van der Waals surface area contributed by atoms with E-state index >= 15 is 0 Å². The van der Waals surface area contributed by atoms with Gasteiger partial charge in [0, 0.05) is 18.7 Å². The molecule has 0 radical (unpaired) electrons. The minimum Gasteiger partial charge on any atom is -0.491 e. The number of hydrogen-bond acceptors (Lipinski definition) is 4. The zero-order chi connectivity index (χ0) is 11.4. The summed E-state index contributed by atoms with van der Waals surface area (Å²) in [6.07, 6.45) is 0. The molecule has 4 heteroatoms. The van der Waals surface area contributed by atoms with Gasteiger partial charge in [-0.3, -0.25) is 0 Å². The molecule has 0 aromatic heterocycles. The molecule has 0 amide bonds. The van der Waals surface area contributed by atoms with Gasteiger partial charge in [0.1, 0.15) is 18.1 Å². The molecule has 1 aliphatic heterocycles. The lowest BCUT2D eigenvalue weighted by Gasteiger charge is -2.09. The Kier molecular flexibility index (Phi) is 3.64. The van der Waals surface area contributed by atoms with Gasteiger partial charge in [-0.1, -0.05) is 6.92 Å². The lowest BCUT2D eigenvalue weighted by molar-refractivity contribution is 0.0510. The van der Waals surface area contributed by atoms with E-state index in [0.29, 0.717) is 12.6 Å². The maximum absolute atomic E-state index is 5.60. The highest BCUT2D eigenvalue weighted by molar-refractivity contribution is 5.44. The molecule has 1 aromatic rings. The average molecular weight is 223 g/mol. The van der Waals surface area contributed by atoms with E-state index in [1.54, 1.807) is 7.11 Å². The van der Waals surface area contributed by atoms with E-state index in [1.807, 2.05) is 18.2 Å². The first-order valence-electron chi connectivity index (χ1n) is 5.47. The largest absolute Gasteiger partial charge is 0.491 e. The molecule has 1 aromatic carbocycles. The van der Waals surface area contributed by atoms with Crippen molar-refractivity contribution in [1.82, 2.24) is 5.32 Å². The molecule has 1 aliphatic rings.